The second-order valence-electron chi connectivity index (χ2n) is 8.66. The Bertz CT molecular complexity index is 1520. The van der Waals surface area contributed by atoms with Gasteiger partial charge in [-0.25, -0.2) is 14.4 Å². The molecule has 0 amide bonds. The van der Waals surface area contributed by atoms with Gasteiger partial charge < -0.3 is 19.8 Å². The molecule has 9 nitrogen and oxygen atoms in total. The molecular formula is C26H24FN7O2. The van der Waals surface area contributed by atoms with E-state index in [1.54, 1.807) is 30.7 Å². The predicted octanol–water partition coefficient (Wildman–Crippen LogP) is 4.36. The number of H-pyrrole nitrogens is 2. The molecule has 182 valence electrons. The highest BCUT2D eigenvalue weighted by Gasteiger charge is 2.17. The Balaban J connectivity index is 1.30. The summed E-state index contributed by atoms with van der Waals surface area (Å²) in [6.07, 6.45) is 7.30. The minimum absolute atomic E-state index is 0.191. The van der Waals surface area contributed by atoms with E-state index in [0.717, 1.165) is 48.5 Å². The van der Waals surface area contributed by atoms with Crippen molar-refractivity contribution in [1.29, 1.82) is 0 Å². The molecule has 0 radical (unpaired) electrons. The molecule has 1 fully saturated rings. The molecule has 0 atom stereocenters. The van der Waals surface area contributed by atoms with Crippen LogP contribution in [0.2, 0.25) is 0 Å². The van der Waals surface area contributed by atoms with Gasteiger partial charge in [0.25, 0.3) is 0 Å². The standard InChI is InChI=1S/C26H24FN7O2/c1-35-19-9-15(8-17(27)11-19)21-4-7-30-26-24(21)31-25(32-26)23-12-22(33-34-23)16-10-20(14-29-13-16)36-18-2-5-28-6-3-18/h4,7-14,18,28H,2-3,5-6H2,1H3,(H,33,34)(H,30,31,32). The molecule has 36 heavy (non-hydrogen) atoms. The first-order chi connectivity index (χ1) is 17.7. The summed E-state index contributed by atoms with van der Waals surface area (Å²) >= 11 is 0. The third-order valence-electron chi connectivity index (χ3n) is 6.24. The number of nitrogens with zero attached hydrogens (tertiary/aromatic N) is 4. The lowest BCUT2D eigenvalue weighted by molar-refractivity contribution is 0.162. The number of piperidine rings is 1. The summed E-state index contributed by atoms with van der Waals surface area (Å²) in [7, 11) is 1.51. The zero-order valence-corrected chi connectivity index (χ0v) is 19.6. The molecule has 0 spiro atoms. The highest BCUT2D eigenvalue weighted by atomic mass is 19.1. The number of fused-ring (bicyclic) bond motifs is 1. The highest BCUT2D eigenvalue weighted by molar-refractivity contribution is 5.91. The van der Waals surface area contributed by atoms with Crippen molar-refractivity contribution in [3.63, 3.8) is 0 Å². The van der Waals surface area contributed by atoms with E-state index in [9.17, 15) is 4.39 Å². The second kappa shape index (κ2) is 9.38. The van der Waals surface area contributed by atoms with Gasteiger partial charge in [-0.15, -0.1) is 0 Å². The first-order valence-corrected chi connectivity index (χ1v) is 11.7. The Morgan fingerprint density at radius 1 is 1.00 bits per heavy atom. The number of imidazole rings is 1. The number of benzene rings is 1. The number of aromatic amines is 2. The first-order valence-electron chi connectivity index (χ1n) is 11.7. The SMILES string of the molecule is COc1cc(F)cc(-c2ccnc3[nH]c(-c4cc(-c5cncc(OC6CCNCC6)c5)[nH]n4)nc23)c1. The van der Waals surface area contributed by atoms with Crippen molar-refractivity contribution in [1.82, 2.24) is 35.5 Å². The van der Waals surface area contributed by atoms with Crippen LogP contribution in [0.4, 0.5) is 4.39 Å². The van der Waals surface area contributed by atoms with E-state index in [1.165, 1.54) is 19.2 Å². The van der Waals surface area contributed by atoms with Crippen LogP contribution in [0, 0.1) is 5.82 Å². The average Bonchev–Trinajstić information content (AvgIpc) is 3.56. The first kappa shape index (κ1) is 22.2. The lowest BCUT2D eigenvalue weighted by atomic mass is 10.1. The topological polar surface area (TPSA) is 114 Å². The molecule has 1 saturated heterocycles. The van der Waals surface area contributed by atoms with Crippen LogP contribution in [0.1, 0.15) is 12.8 Å². The molecule has 5 aromatic rings. The van der Waals surface area contributed by atoms with Crippen molar-refractivity contribution in [2.24, 2.45) is 0 Å². The average molecular weight is 486 g/mol. The summed E-state index contributed by atoms with van der Waals surface area (Å²) in [4.78, 5) is 16.7. The van der Waals surface area contributed by atoms with Crippen molar-refractivity contribution < 1.29 is 13.9 Å². The van der Waals surface area contributed by atoms with Crippen molar-refractivity contribution in [3.05, 3.63) is 60.8 Å². The molecule has 6 rings (SSSR count). The largest absolute Gasteiger partial charge is 0.497 e. The summed E-state index contributed by atoms with van der Waals surface area (Å²) in [6.45, 7) is 1.92. The molecule has 1 aliphatic heterocycles. The molecular weight excluding hydrogens is 461 g/mol. The van der Waals surface area contributed by atoms with Crippen LogP contribution in [0.3, 0.4) is 0 Å². The Labute approximate surface area is 206 Å². The third-order valence-corrected chi connectivity index (χ3v) is 6.24. The van der Waals surface area contributed by atoms with Gasteiger partial charge in [0.05, 0.1) is 19.0 Å². The lowest BCUT2D eigenvalue weighted by Crippen LogP contribution is -2.34. The van der Waals surface area contributed by atoms with Crippen LogP contribution in [-0.2, 0) is 0 Å². The quantitative estimate of drug-likeness (QED) is 0.328. The van der Waals surface area contributed by atoms with Crippen LogP contribution >= 0.6 is 0 Å². The summed E-state index contributed by atoms with van der Waals surface area (Å²) in [5.74, 6) is 1.33. The van der Waals surface area contributed by atoms with Gasteiger partial charge in [0, 0.05) is 29.6 Å². The Morgan fingerprint density at radius 3 is 2.72 bits per heavy atom. The predicted molar refractivity (Wildman–Crippen MR) is 133 cm³/mol. The molecule has 4 aromatic heterocycles. The summed E-state index contributed by atoms with van der Waals surface area (Å²) in [6, 6.07) is 10.2. The van der Waals surface area contributed by atoms with Gasteiger partial charge in [-0.2, -0.15) is 5.10 Å². The maximum atomic E-state index is 14.1. The fraction of sp³-hybridized carbons (Fsp3) is 0.231. The van der Waals surface area contributed by atoms with Gasteiger partial charge in [-0.05, 0) is 61.8 Å². The number of nitrogens with one attached hydrogen (secondary N) is 3. The van der Waals surface area contributed by atoms with Gasteiger partial charge in [-0.1, -0.05) is 0 Å². The molecule has 0 bridgehead atoms. The van der Waals surface area contributed by atoms with E-state index >= 15 is 0 Å². The number of pyridine rings is 2. The fourth-order valence-electron chi connectivity index (χ4n) is 4.43. The van der Waals surface area contributed by atoms with Crippen LogP contribution in [-0.4, -0.2) is 56.4 Å². The lowest BCUT2D eigenvalue weighted by Gasteiger charge is -2.23. The summed E-state index contributed by atoms with van der Waals surface area (Å²) in [5.41, 5.74) is 4.85. The number of aromatic nitrogens is 6. The zero-order chi connectivity index (χ0) is 24.5. The van der Waals surface area contributed by atoms with Crippen molar-refractivity contribution in [2.45, 2.75) is 18.9 Å². The second-order valence-corrected chi connectivity index (χ2v) is 8.66. The van der Waals surface area contributed by atoms with Crippen molar-refractivity contribution in [3.8, 4) is 45.4 Å². The molecule has 3 N–H and O–H groups in total. The molecule has 0 aliphatic carbocycles. The monoisotopic (exact) mass is 485 g/mol. The van der Waals surface area contributed by atoms with E-state index in [2.05, 4.69) is 30.5 Å². The van der Waals surface area contributed by atoms with Gasteiger partial charge >= 0.3 is 0 Å². The zero-order valence-electron chi connectivity index (χ0n) is 19.6. The molecule has 0 saturated carbocycles. The highest BCUT2D eigenvalue weighted by Crippen LogP contribution is 2.32. The number of hydrogen-bond donors (Lipinski definition) is 3. The van der Waals surface area contributed by atoms with Gasteiger partial charge in [0.1, 0.15) is 34.6 Å². The molecule has 10 heteroatoms. The fourth-order valence-corrected chi connectivity index (χ4v) is 4.43. The van der Waals surface area contributed by atoms with E-state index in [4.69, 9.17) is 14.5 Å². The van der Waals surface area contributed by atoms with Gasteiger partial charge in [0.15, 0.2) is 11.5 Å². The number of methoxy groups -OCH3 is 1. The number of ether oxygens (including phenoxy) is 2. The number of halogens is 1. The minimum atomic E-state index is -0.387. The van der Waals surface area contributed by atoms with Crippen molar-refractivity contribution in [2.75, 3.05) is 20.2 Å². The number of hydrogen-bond acceptors (Lipinski definition) is 7. The molecule has 5 heterocycles. The third kappa shape index (κ3) is 4.38. The van der Waals surface area contributed by atoms with Crippen LogP contribution in [0.5, 0.6) is 11.5 Å². The van der Waals surface area contributed by atoms with Gasteiger partial charge in [-0.3, -0.25) is 10.1 Å². The normalized spacial score (nSPS) is 14.3. The Morgan fingerprint density at radius 2 is 1.86 bits per heavy atom. The number of rotatable bonds is 6. The van der Waals surface area contributed by atoms with Crippen LogP contribution in [0.15, 0.2) is 55.0 Å². The van der Waals surface area contributed by atoms with Gasteiger partial charge in [0.2, 0.25) is 0 Å². The smallest absolute Gasteiger partial charge is 0.160 e. The van der Waals surface area contributed by atoms with Crippen LogP contribution < -0.4 is 14.8 Å². The van der Waals surface area contributed by atoms with E-state index in [0.29, 0.717) is 34.0 Å². The maximum Gasteiger partial charge on any atom is 0.160 e. The summed E-state index contributed by atoms with van der Waals surface area (Å²) in [5, 5.41) is 10.8. The van der Waals surface area contributed by atoms with E-state index in [-0.39, 0.29) is 11.9 Å². The van der Waals surface area contributed by atoms with E-state index in [1.807, 2.05) is 12.1 Å². The maximum absolute atomic E-state index is 14.1. The Kier molecular flexibility index (Phi) is 5.78. The Hall–Kier alpha value is -4.31. The van der Waals surface area contributed by atoms with Crippen molar-refractivity contribution >= 4 is 11.2 Å². The molecule has 0 unspecified atom stereocenters. The molecule has 1 aromatic carbocycles. The minimum Gasteiger partial charge on any atom is -0.497 e. The van der Waals surface area contributed by atoms with E-state index < -0.39 is 0 Å². The molecule has 1 aliphatic rings. The summed E-state index contributed by atoms with van der Waals surface area (Å²) < 4.78 is 25.5. The van der Waals surface area contributed by atoms with Crippen LogP contribution in [0.25, 0.3) is 45.1 Å².